The minimum atomic E-state index is 1.05. The van der Waals surface area contributed by atoms with Crippen LogP contribution in [0.15, 0.2) is 72.8 Å². The third-order valence-electron chi connectivity index (χ3n) is 7.66. The van der Waals surface area contributed by atoms with Crippen LogP contribution in [0.25, 0.3) is 0 Å². The molecule has 0 saturated carbocycles. The molecule has 8 rings (SSSR count). The molecule has 0 aromatic heterocycles. The molecule has 4 aliphatic heterocycles. The van der Waals surface area contributed by atoms with E-state index >= 15 is 0 Å². The molecule has 252 valence electrons. The van der Waals surface area contributed by atoms with Gasteiger partial charge >= 0.3 is 0 Å². The van der Waals surface area contributed by atoms with Crippen molar-refractivity contribution < 1.29 is 0 Å². The first-order valence-electron chi connectivity index (χ1n) is 15.6. The largest absolute Gasteiger partial charge is 0.0890 e. The molecule has 4 aliphatic rings. The Morgan fingerprint density at radius 3 is 0.333 bits per heavy atom. The molecule has 4 heterocycles. The van der Waals surface area contributed by atoms with E-state index in [4.69, 9.17) is 0 Å². The van der Waals surface area contributed by atoms with Gasteiger partial charge in [0.2, 0.25) is 0 Å². The average Bonchev–Trinajstić information content (AvgIpc) is 3.08. The van der Waals surface area contributed by atoms with Gasteiger partial charge in [-0.05, 0) is 66.8 Å². The monoisotopic (exact) mass is 852 g/mol. The van der Waals surface area contributed by atoms with Crippen LogP contribution < -0.4 is 0 Å². The predicted molar refractivity (Wildman–Crippen MR) is 241 cm³/mol. The van der Waals surface area contributed by atoms with Crippen LogP contribution in [0.5, 0.6) is 0 Å². The summed E-state index contributed by atoms with van der Waals surface area (Å²) >= 11 is 0. The lowest BCUT2D eigenvalue weighted by Crippen LogP contribution is -1.91. The van der Waals surface area contributed by atoms with Crippen LogP contribution in [-0.4, -0.2) is 0 Å². The maximum atomic E-state index is 2.47. The zero-order valence-electron chi connectivity index (χ0n) is 26.3. The zero-order valence-corrected chi connectivity index (χ0v) is 36.1. The SMILES string of the molecule is c1c2cc3cc1CSSCc1cc4cc(c1)CSSCc1cc(cc(c1)CSSCc1cc(cc(c1)CSSC4)CSSC2)CSSC3. The fraction of sp³-hybridized carbons (Fsp3) is 0.333. The van der Waals surface area contributed by atoms with Gasteiger partial charge in [-0.2, -0.15) is 0 Å². The highest BCUT2D eigenvalue weighted by Gasteiger charge is 2.11. The summed E-state index contributed by atoms with van der Waals surface area (Å²) in [7, 11) is 24.2. The van der Waals surface area contributed by atoms with Gasteiger partial charge in [-0.1, -0.05) is 202 Å². The Balaban J connectivity index is 1.27. The third-order valence-corrected chi connectivity index (χ3v) is 21.3. The first-order valence-corrected chi connectivity index (χ1v) is 30.6. The van der Waals surface area contributed by atoms with E-state index in [-0.39, 0.29) is 0 Å². The lowest BCUT2D eigenvalue weighted by Gasteiger charge is -2.11. The minimum absolute atomic E-state index is 1.05. The highest BCUT2D eigenvalue weighted by Crippen LogP contribution is 2.40. The number of fused-ring (bicyclic) bond motifs is 18. The number of benzene rings is 4. The molecule has 4 aromatic carbocycles. The van der Waals surface area contributed by atoms with Gasteiger partial charge in [-0.25, -0.2) is 0 Å². The molecule has 0 saturated heterocycles. The predicted octanol–water partition coefficient (Wildman–Crippen LogP) is 15.1. The van der Waals surface area contributed by atoms with Crippen LogP contribution in [-0.2, 0) is 69.0 Å². The van der Waals surface area contributed by atoms with Gasteiger partial charge in [-0.15, -0.1) is 0 Å². The fourth-order valence-corrected chi connectivity index (χ4v) is 18.2. The molecule has 0 N–H and O–H groups in total. The Hall–Kier alpha value is 1.08. The first-order chi connectivity index (χ1) is 23.7. The molecule has 12 bridgehead atoms. The van der Waals surface area contributed by atoms with Gasteiger partial charge < -0.3 is 0 Å². The van der Waals surface area contributed by atoms with Crippen molar-refractivity contribution in [2.24, 2.45) is 0 Å². The summed E-state index contributed by atoms with van der Waals surface area (Å²) in [6.45, 7) is 0. The zero-order chi connectivity index (χ0) is 32.4. The molecule has 0 aliphatic carbocycles. The lowest BCUT2D eigenvalue weighted by atomic mass is 10.1. The van der Waals surface area contributed by atoms with Crippen molar-refractivity contribution in [3.8, 4) is 0 Å². The molecule has 0 nitrogen and oxygen atoms in total. The molecule has 4 aromatic rings. The van der Waals surface area contributed by atoms with Crippen molar-refractivity contribution in [2.75, 3.05) is 0 Å². The third kappa shape index (κ3) is 12.1. The highest BCUT2D eigenvalue weighted by atomic mass is 33.1. The number of rotatable bonds is 0. The van der Waals surface area contributed by atoms with E-state index < -0.39 is 0 Å². The molecule has 0 atom stereocenters. The second-order valence-corrected chi connectivity index (χ2v) is 26.6. The maximum Gasteiger partial charge on any atom is 0.0289 e. The Morgan fingerprint density at radius 2 is 0.250 bits per heavy atom. The minimum Gasteiger partial charge on any atom is -0.0890 e. The van der Waals surface area contributed by atoms with E-state index in [1.807, 2.05) is 130 Å². The molecule has 12 heteroatoms. The normalized spacial score (nSPS) is 18.5. The standard InChI is InChI=1S/C36H36S12/c1-25-2-27-3-26(1)14-38-40-17-29-5-31-9-33(7-29)22-46-48-24-36-11-34(18-42-41-15-27)10-35(12-36)23-47-45-21-32-6-28(16-39-37-13-25)4-30(8-32)19-43-44-20-31/h1-12H,13-24H2. The van der Waals surface area contributed by atoms with Gasteiger partial charge in [0.05, 0.1) is 0 Å². The van der Waals surface area contributed by atoms with Crippen molar-refractivity contribution in [2.45, 2.75) is 69.0 Å². The van der Waals surface area contributed by atoms with Crippen molar-refractivity contribution in [1.82, 2.24) is 0 Å². The van der Waals surface area contributed by atoms with Gasteiger partial charge in [0.15, 0.2) is 0 Å². The summed E-state index contributed by atoms with van der Waals surface area (Å²) in [5, 5.41) is 0. The van der Waals surface area contributed by atoms with Crippen LogP contribution in [0.1, 0.15) is 66.8 Å². The summed E-state index contributed by atoms with van der Waals surface area (Å²) in [6.07, 6.45) is 0. The Kier molecular flexibility index (Phi) is 15.5. The van der Waals surface area contributed by atoms with Crippen LogP contribution in [0, 0.1) is 0 Å². The molecule has 0 radical (unpaired) electrons. The van der Waals surface area contributed by atoms with E-state index in [1.165, 1.54) is 66.8 Å². The van der Waals surface area contributed by atoms with Crippen LogP contribution in [0.3, 0.4) is 0 Å². The molecule has 0 amide bonds. The van der Waals surface area contributed by atoms with E-state index in [1.54, 1.807) is 0 Å². The summed E-state index contributed by atoms with van der Waals surface area (Å²) < 4.78 is 0. The molecule has 0 unspecified atom stereocenters. The summed E-state index contributed by atoms with van der Waals surface area (Å²) in [4.78, 5) is 0. The Bertz CT molecular complexity index is 1190. The maximum absolute atomic E-state index is 2.47. The lowest BCUT2D eigenvalue weighted by molar-refractivity contribution is 1.27. The fourth-order valence-electron chi connectivity index (χ4n) is 5.67. The highest BCUT2D eigenvalue weighted by molar-refractivity contribution is 8.77. The molecule has 48 heavy (non-hydrogen) atoms. The van der Waals surface area contributed by atoms with Crippen molar-refractivity contribution in [1.29, 1.82) is 0 Å². The molecule has 0 fully saturated rings. The van der Waals surface area contributed by atoms with Crippen LogP contribution in [0.2, 0.25) is 0 Å². The average molecular weight is 853 g/mol. The topological polar surface area (TPSA) is 0 Å². The Labute approximate surface area is 334 Å². The van der Waals surface area contributed by atoms with Crippen molar-refractivity contribution in [3.05, 3.63) is 140 Å². The van der Waals surface area contributed by atoms with Gasteiger partial charge in [-0.3, -0.25) is 0 Å². The molecular formula is C36H36S12. The van der Waals surface area contributed by atoms with Crippen LogP contribution >= 0.6 is 130 Å². The van der Waals surface area contributed by atoms with E-state index in [9.17, 15) is 0 Å². The van der Waals surface area contributed by atoms with Crippen molar-refractivity contribution >= 4 is 130 Å². The van der Waals surface area contributed by atoms with Crippen LogP contribution in [0.4, 0.5) is 0 Å². The van der Waals surface area contributed by atoms with Crippen molar-refractivity contribution in [3.63, 3.8) is 0 Å². The van der Waals surface area contributed by atoms with Gasteiger partial charge in [0.1, 0.15) is 0 Å². The van der Waals surface area contributed by atoms with Gasteiger partial charge in [0.25, 0.3) is 0 Å². The summed E-state index contributed by atoms with van der Waals surface area (Å²) in [5.74, 6) is 12.6. The van der Waals surface area contributed by atoms with Gasteiger partial charge in [0, 0.05) is 69.0 Å². The second-order valence-electron chi connectivity index (χ2n) is 11.8. The summed E-state index contributed by atoms with van der Waals surface area (Å²) in [5.41, 5.74) is 17.6. The molecular weight excluding hydrogens is 817 g/mol. The quantitative estimate of drug-likeness (QED) is 0.155. The number of hydrogen-bond acceptors (Lipinski definition) is 12. The first kappa shape index (κ1) is 37.4. The smallest absolute Gasteiger partial charge is 0.0289 e. The van der Waals surface area contributed by atoms with E-state index in [2.05, 4.69) is 72.8 Å². The van der Waals surface area contributed by atoms with E-state index in [0.717, 1.165) is 69.0 Å². The summed E-state index contributed by atoms with van der Waals surface area (Å²) in [6, 6.07) is 29.7. The van der Waals surface area contributed by atoms with E-state index in [0.29, 0.717) is 0 Å². The Morgan fingerprint density at radius 1 is 0.167 bits per heavy atom. The second kappa shape index (κ2) is 20.0. The molecule has 0 spiro atoms. The number of hydrogen-bond donors (Lipinski definition) is 0.